The Bertz CT molecular complexity index is 189. The van der Waals surface area contributed by atoms with Gasteiger partial charge in [0, 0.05) is 6.42 Å². The first-order valence-electron chi connectivity index (χ1n) is 6.39. The highest BCUT2D eigenvalue weighted by atomic mass is 16.5. The van der Waals surface area contributed by atoms with Crippen LogP contribution in [-0.2, 0) is 9.53 Å². The van der Waals surface area contributed by atoms with Gasteiger partial charge in [0.2, 0.25) is 0 Å². The quantitative estimate of drug-likeness (QED) is 0.572. The number of cyclic esters (lactones) is 1. The topological polar surface area (TPSA) is 26.3 Å². The second kappa shape index (κ2) is 6.86. The summed E-state index contributed by atoms with van der Waals surface area (Å²) in [5.41, 5.74) is 0. The van der Waals surface area contributed by atoms with Crippen molar-refractivity contribution in [3.05, 3.63) is 0 Å². The van der Waals surface area contributed by atoms with E-state index in [4.69, 9.17) is 4.74 Å². The molecule has 0 saturated carbocycles. The third-order valence-electron chi connectivity index (χ3n) is 3.41. The number of carbonyl (C=O) groups is 1. The van der Waals surface area contributed by atoms with E-state index in [1.165, 1.54) is 38.5 Å². The summed E-state index contributed by atoms with van der Waals surface area (Å²) in [6.07, 6.45) is 9.29. The Kier molecular flexibility index (Phi) is 5.74. The van der Waals surface area contributed by atoms with E-state index in [2.05, 4.69) is 6.92 Å². The van der Waals surface area contributed by atoms with Gasteiger partial charge in [-0.2, -0.15) is 0 Å². The van der Waals surface area contributed by atoms with E-state index in [0.29, 0.717) is 12.3 Å². The maximum absolute atomic E-state index is 11.4. The van der Waals surface area contributed by atoms with E-state index in [1.54, 1.807) is 0 Å². The van der Waals surface area contributed by atoms with E-state index in [0.717, 1.165) is 6.42 Å². The summed E-state index contributed by atoms with van der Waals surface area (Å²) in [4.78, 5) is 11.4. The third kappa shape index (κ3) is 5.19. The molecule has 0 spiro atoms. The van der Waals surface area contributed by atoms with Crippen molar-refractivity contribution < 1.29 is 9.53 Å². The largest absolute Gasteiger partial charge is 0.462 e. The smallest absolute Gasteiger partial charge is 0.306 e. The van der Waals surface area contributed by atoms with E-state index in [9.17, 15) is 4.79 Å². The van der Waals surface area contributed by atoms with E-state index in [-0.39, 0.29) is 12.1 Å². The molecule has 15 heavy (non-hydrogen) atoms. The molecule has 0 aromatic rings. The van der Waals surface area contributed by atoms with Gasteiger partial charge in [-0.15, -0.1) is 0 Å². The monoisotopic (exact) mass is 212 g/mol. The van der Waals surface area contributed by atoms with Crippen molar-refractivity contribution in [3.8, 4) is 0 Å². The molecule has 0 radical (unpaired) electrons. The second-order valence-corrected chi connectivity index (χ2v) is 4.83. The molecule has 1 aliphatic heterocycles. The molecule has 0 aliphatic carbocycles. The Morgan fingerprint density at radius 2 is 1.60 bits per heavy atom. The summed E-state index contributed by atoms with van der Waals surface area (Å²) in [6.45, 7) is 4.21. The van der Waals surface area contributed by atoms with Crippen molar-refractivity contribution in [1.82, 2.24) is 0 Å². The Labute approximate surface area is 93.4 Å². The van der Waals surface area contributed by atoms with Crippen LogP contribution in [0.25, 0.3) is 0 Å². The molecule has 2 heteroatoms. The van der Waals surface area contributed by atoms with E-state index >= 15 is 0 Å². The van der Waals surface area contributed by atoms with Gasteiger partial charge in [-0.3, -0.25) is 4.79 Å². The molecule has 2 atom stereocenters. The summed E-state index contributed by atoms with van der Waals surface area (Å²) in [6, 6.07) is 0. The zero-order valence-electron chi connectivity index (χ0n) is 10.1. The Hall–Kier alpha value is -0.530. The fraction of sp³-hybridized carbons (Fsp3) is 0.923. The summed E-state index contributed by atoms with van der Waals surface area (Å²) >= 11 is 0. The molecule has 0 N–H and O–H groups in total. The summed E-state index contributed by atoms with van der Waals surface area (Å²) in [5, 5.41) is 0. The average Bonchev–Trinajstić information content (AvgIpc) is 2.19. The van der Waals surface area contributed by atoms with Crippen molar-refractivity contribution in [3.63, 3.8) is 0 Å². The molecule has 0 bridgehead atoms. The number of ether oxygens (including phenoxy) is 1. The molecule has 1 saturated heterocycles. The summed E-state index contributed by atoms with van der Waals surface area (Å²) in [5.74, 6) is 0.503. The maximum atomic E-state index is 11.4. The predicted octanol–water partition coefficient (Wildman–Crippen LogP) is 3.69. The van der Waals surface area contributed by atoms with Gasteiger partial charge < -0.3 is 4.74 Å². The Morgan fingerprint density at radius 3 is 2.33 bits per heavy atom. The molecule has 0 aromatic carbocycles. The Morgan fingerprint density at radius 1 is 1.00 bits per heavy atom. The van der Waals surface area contributed by atoms with Crippen LogP contribution in [0.15, 0.2) is 0 Å². The molecule has 1 fully saturated rings. The first kappa shape index (κ1) is 12.5. The molecule has 0 aromatic heterocycles. The van der Waals surface area contributed by atoms with Crippen LogP contribution < -0.4 is 0 Å². The lowest BCUT2D eigenvalue weighted by Crippen LogP contribution is -2.22. The Balaban J connectivity index is 2.38. The zero-order valence-corrected chi connectivity index (χ0v) is 10.1. The van der Waals surface area contributed by atoms with Crippen LogP contribution in [0.5, 0.6) is 0 Å². The normalized spacial score (nSPS) is 31.2. The minimum atomic E-state index is -0.00470. The molecule has 0 amide bonds. The zero-order chi connectivity index (χ0) is 11.1. The maximum Gasteiger partial charge on any atom is 0.306 e. The van der Waals surface area contributed by atoms with Crippen LogP contribution in [0.4, 0.5) is 0 Å². The minimum absolute atomic E-state index is 0.00470. The fourth-order valence-corrected chi connectivity index (χ4v) is 2.06. The van der Waals surface area contributed by atoms with Gasteiger partial charge in [0.15, 0.2) is 0 Å². The van der Waals surface area contributed by atoms with Crippen molar-refractivity contribution in [2.75, 3.05) is 0 Å². The average molecular weight is 212 g/mol. The van der Waals surface area contributed by atoms with Crippen molar-refractivity contribution >= 4 is 5.97 Å². The molecule has 1 heterocycles. The molecular weight excluding hydrogens is 188 g/mol. The summed E-state index contributed by atoms with van der Waals surface area (Å²) < 4.78 is 5.40. The van der Waals surface area contributed by atoms with Crippen LogP contribution in [0.2, 0.25) is 0 Å². The molecule has 1 aliphatic rings. The molecular formula is C13H24O2. The van der Waals surface area contributed by atoms with Crippen molar-refractivity contribution in [1.29, 1.82) is 0 Å². The van der Waals surface area contributed by atoms with Gasteiger partial charge in [0.05, 0.1) is 0 Å². The number of hydrogen-bond donors (Lipinski definition) is 0. The lowest BCUT2D eigenvalue weighted by Gasteiger charge is -2.21. The van der Waals surface area contributed by atoms with Gasteiger partial charge >= 0.3 is 5.97 Å². The van der Waals surface area contributed by atoms with Gasteiger partial charge in [-0.05, 0) is 25.7 Å². The second-order valence-electron chi connectivity index (χ2n) is 4.83. The SMILES string of the molecule is C[C@H]1CCCCCCCCC(=O)O[C@@H]1C. The minimum Gasteiger partial charge on any atom is -0.462 e. The van der Waals surface area contributed by atoms with Gasteiger partial charge in [-0.25, -0.2) is 0 Å². The number of carbonyl (C=O) groups excluding carboxylic acids is 1. The first-order valence-corrected chi connectivity index (χ1v) is 6.39. The van der Waals surface area contributed by atoms with Crippen LogP contribution in [0.1, 0.15) is 65.2 Å². The highest BCUT2D eigenvalue weighted by Gasteiger charge is 2.16. The molecule has 88 valence electrons. The molecule has 0 unspecified atom stereocenters. The van der Waals surface area contributed by atoms with E-state index < -0.39 is 0 Å². The van der Waals surface area contributed by atoms with Crippen LogP contribution in [-0.4, -0.2) is 12.1 Å². The number of esters is 1. The first-order chi connectivity index (χ1) is 7.20. The highest BCUT2D eigenvalue weighted by Crippen LogP contribution is 2.19. The number of hydrogen-bond acceptors (Lipinski definition) is 2. The molecule has 1 rings (SSSR count). The van der Waals surface area contributed by atoms with Crippen molar-refractivity contribution in [2.45, 2.75) is 71.3 Å². The predicted molar refractivity (Wildman–Crippen MR) is 61.7 cm³/mol. The highest BCUT2D eigenvalue weighted by molar-refractivity contribution is 5.69. The third-order valence-corrected chi connectivity index (χ3v) is 3.41. The fourth-order valence-electron chi connectivity index (χ4n) is 2.06. The standard InChI is InChI=1S/C13H24O2/c1-11-9-7-5-3-4-6-8-10-13(14)15-12(11)2/h11-12H,3-10H2,1-2H3/t11-,12+/m0/s1. The lowest BCUT2D eigenvalue weighted by molar-refractivity contribution is -0.150. The van der Waals surface area contributed by atoms with E-state index in [1.807, 2.05) is 6.92 Å². The van der Waals surface area contributed by atoms with Crippen LogP contribution in [0, 0.1) is 5.92 Å². The van der Waals surface area contributed by atoms with Crippen LogP contribution >= 0.6 is 0 Å². The number of rotatable bonds is 0. The van der Waals surface area contributed by atoms with Gasteiger partial charge in [0.25, 0.3) is 0 Å². The van der Waals surface area contributed by atoms with Gasteiger partial charge in [-0.1, -0.05) is 39.0 Å². The van der Waals surface area contributed by atoms with Gasteiger partial charge in [0.1, 0.15) is 6.10 Å². The van der Waals surface area contributed by atoms with Crippen LogP contribution in [0.3, 0.4) is 0 Å². The summed E-state index contributed by atoms with van der Waals surface area (Å²) in [7, 11) is 0. The lowest BCUT2D eigenvalue weighted by atomic mass is 9.97. The van der Waals surface area contributed by atoms with Crippen molar-refractivity contribution in [2.24, 2.45) is 5.92 Å². The molecule has 2 nitrogen and oxygen atoms in total.